The third kappa shape index (κ3) is 3.81. The quantitative estimate of drug-likeness (QED) is 0.303. The molecular formula is C25H18ClNO5. The number of ketones is 1. The van der Waals surface area contributed by atoms with Crippen molar-refractivity contribution >= 4 is 40.9 Å². The van der Waals surface area contributed by atoms with Crippen molar-refractivity contribution < 1.29 is 23.9 Å². The Bertz CT molecular complexity index is 1240. The van der Waals surface area contributed by atoms with E-state index in [0.717, 1.165) is 4.90 Å². The fraction of sp³-hybridized carbons (Fsp3) is 0.120. The lowest BCUT2D eigenvalue weighted by Crippen LogP contribution is -2.29. The van der Waals surface area contributed by atoms with E-state index in [1.165, 1.54) is 18.2 Å². The zero-order chi connectivity index (χ0) is 22.8. The van der Waals surface area contributed by atoms with Crippen LogP contribution in [0.25, 0.3) is 0 Å². The van der Waals surface area contributed by atoms with Gasteiger partial charge in [-0.25, -0.2) is 9.69 Å². The van der Waals surface area contributed by atoms with E-state index >= 15 is 0 Å². The summed E-state index contributed by atoms with van der Waals surface area (Å²) in [6.07, 6.45) is -0.669. The van der Waals surface area contributed by atoms with E-state index in [1.54, 1.807) is 61.5 Å². The number of rotatable bonds is 6. The Morgan fingerprint density at radius 1 is 0.875 bits per heavy atom. The van der Waals surface area contributed by atoms with Crippen LogP contribution in [-0.2, 0) is 4.74 Å². The van der Waals surface area contributed by atoms with Gasteiger partial charge in [0.1, 0.15) is 0 Å². The highest BCUT2D eigenvalue weighted by Gasteiger charge is 2.38. The molecule has 0 radical (unpaired) electrons. The normalized spacial score (nSPS) is 13.6. The molecule has 0 aromatic heterocycles. The van der Waals surface area contributed by atoms with Gasteiger partial charge in [-0.3, -0.25) is 14.4 Å². The molecule has 0 unspecified atom stereocenters. The van der Waals surface area contributed by atoms with Crippen molar-refractivity contribution in [3.05, 3.63) is 100 Å². The number of ether oxygens (including phenoxy) is 1. The largest absolute Gasteiger partial charge is 0.450 e. The number of imide groups is 1. The van der Waals surface area contributed by atoms with E-state index in [2.05, 4.69) is 0 Å². The number of para-hydroxylation sites is 1. The zero-order valence-corrected chi connectivity index (χ0v) is 17.8. The Hall–Kier alpha value is -3.77. The van der Waals surface area contributed by atoms with Crippen LogP contribution in [-0.4, -0.2) is 29.7 Å². The molecule has 1 atom stereocenters. The molecule has 0 aliphatic carbocycles. The minimum absolute atomic E-state index is 0.0743. The highest BCUT2D eigenvalue weighted by atomic mass is 35.5. The molecule has 3 aromatic rings. The maximum absolute atomic E-state index is 12.9. The summed E-state index contributed by atoms with van der Waals surface area (Å²) in [5.74, 6) is -2.16. The summed E-state index contributed by atoms with van der Waals surface area (Å²) >= 11 is 6.16. The lowest BCUT2D eigenvalue weighted by atomic mass is 10.0. The summed E-state index contributed by atoms with van der Waals surface area (Å²) in [7, 11) is 0. The molecule has 0 bridgehead atoms. The van der Waals surface area contributed by atoms with Crippen molar-refractivity contribution in [2.24, 2.45) is 0 Å². The molecule has 4 rings (SSSR count). The Morgan fingerprint density at radius 3 is 2.22 bits per heavy atom. The minimum atomic E-state index is -0.963. The van der Waals surface area contributed by atoms with Crippen molar-refractivity contribution in [3.8, 4) is 0 Å². The predicted molar refractivity (Wildman–Crippen MR) is 119 cm³/mol. The van der Waals surface area contributed by atoms with Crippen LogP contribution in [0.5, 0.6) is 0 Å². The maximum atomic E-state index is 12.9. The first-order valence-electron chi connectivity index (χ1n) is 10.00. The molecule has 6 nitrogen and oxygen atoms in total. The van der Waals surface area contributed by atoms with Gasteiger partial charge in [0.05, 0.1) is 27.4 Å². The number of halogens is 1. The Morgan fingerprint density at radius 2 is 1.53 bits per heavy atom. The first-order valence-corrected chi connectivity index (χ1v) is 10.4. The minimum Gasteiger partial charge on any atom is -0.450 e. The second kappa shape index (κ2) is 8.77. The molecule has 32 heavy (non-hydrogen) atoms. The molecule has 3 aromatic carbocycles. The van der Waals surface area contributed by atoms with Gasteiger partial charge in [-0.2, -0.15) is 0 Å². The van der Waals surface area contributed by atoms with E-state index in [1.807, 2.05) is 0 Å². The number of nitrogens with zero attached hydrogens (tertiary/aromatic N) is 1. The number of carbonyl (C=O) groups excluding carboxylic acids is 4. The van der Waals surface area contributed by atoms with Gasteiger partial charge in [0.2, 0.25) is 5.78 Å². The fourth-order valence-electron chi connectivity index (χ4n) is 3.53. The highest BCUT2D eigenvalue weighted by Crippen LogP contribution is 2.33. The summed E-state index contributed by atoms with van der Waals surface area (Å²) in [5, 5.41) is 0.256. The summed E-state index contributed by atoms with van der Waals surface area (Å²) in [6, 6.07) is 19.2. The number of Topliss-reactive ketones (excluding diaryl/α,β-unsaturated/α-hetero) is 1. The van der Waals surface area contributed by atoms with Crippen LogP contribution in [0, 0.1) is 0 Å². The molecule has 7 heteroatoms. The average molecular weight is 448 g/mol. The molecule has 0 saturated carbocycles. The lowest BCUT2D eigenvalue weighted by Gasteiger charge is -2.15. The smallest absolute Gasteiger partial charge is 0.338 e. The van der Waals surface area contributed by atoms with E-state index in [0.29, 0.717) is 12.0 Å². The first kappa shape index (κ1) is 21.5. The van der Waals surface area contributed by atoms with Crippen molar-refractivity contribution in [2.45, 2.75) is 19.4 Å². The van der Waals surface area contributed by atoms with E-state index in [4.69, 9.17) is 16.3 Å². The van der Waals surface area contributed by atoms with Gasteiger partial charge in [-0.05, 0) is 36.8 Å². The van der Waals surface area contributed by atoms with Gasteiger partial charge >= 0.3 is 5.97 Å². The lowest BCUT2D eigenvalue weighted by molar-refractivity contribution is 0.0277. The van der Waals surface area contributed by atoms with Crippen molar-refractivity contribution in [1.29, 1.82) is 0 Å². The van der Waals surface area contributed by atoms with Crippen LogP contribution in [0.2, 0.25) is 5.02 Å². The number of anilines is 1. The van der Waals surface area contributed by atoms with E-state index < -0.39 is 23.9 Å². The van der Waals surface area contributed by atoms with Crippen LogP contribution in [0.4, 0.5) is 5.69 Å². The molecule has 1 aliphatic rings. The van der Waals surface area contributed by atoms with Crippen LogP contribution in [0.15, 0.2) is 72.8 Å². The first-order chi connectivity index (χ1) is 15.4. The van der Waals surface area contributed by atoms with Gasteiger partial charge in [-0.15, -0.1) is 0 Å². The summed E-state index contributed by atoms with van der Waals surface area (Å²) < 4.78 is 5.43. The Labute approximate surface area is 189 Å². The topological polar surface area (TPSA) is 80.8 Å². The maximum Gasteiger partial charge on any atom is 0.338 e. The summed E-state index contributed by atoms with van der Waals surface area (Å²) in [5.41, 5.74) is 1.03. The van der Waals surface area contributed by atoms with Gasteiger partial charge in [0.15, 0.2) is 6.10 Å². The van der Waals surface area contributed by atoms with Gasteiger partial charge in [0, 0.05) is 5.56 Å². The van der Waals surface area contributed by atoms with Crippen LogP contribution in [0.1, 0.15) is 54.8 Å². The molecule has 0 spiro atoms. The molecular weight excluding hydrogens is 430 g/mol. The number of esters is 1. The van der Waals surface area contributed by atoms with Gasteiger partial charge < -0.3 is 4.74 Å². The van der Waals surface area contributed by atoms with Crippen LogP contribution < -0.4 is 4.90 Å². The van der Waals surface area contributed by atoms with Crippen molar-refractivity contribution in [1.82, 2.24) is 0 Å². The second-order valence-electron chi connectivity index (χ2n) is 7.19. The number of hydrogen-bond donors (Lipinski definition) is 0. The standard InChI is InChI=1S/C25H18ClNO5/c1-2-21(22(28)15-8-4-3-5-9-15)32-25(31)16-12-13-17-18(14-16)24(30)27(23(17)29)20-11-7-6-10-19(20)26/h3-14,21H,2H2,1H3/t21-/m1/s1. The summed E-state index contributed by atoms with van der Waals surface area (Å²) in [4.78, 5) is 52.1. The van der Waals surface area contributed by atoms with Gasteiger partial charge in [-0.1, -0.05) is 61.0 Å². The SMILES string of the molecule is CC[C@@H](OC(=O)c1ccc2c(c1)C(=O)N(c1ccccc1Cl)C2=O)C(=O)c1ccccc1. The van der Waals surface area contributed by atoms with Crippen LogP contribution >= 0.6 is 11.6 Å². The molecule has 0 fully saturated rings. The van der Waals surface area contributed by atoms with E-state index in [9.17, 15) is 19.2 Å². The third-order valence-corrected chi connectivity index (χ3v) is 5.51. The molecule has 160 valence electrons. The number of carbonyl (C=O) groups is 4. The number of benzene rings is 3. The van der Waals surface area contributed by atoms with Crippen LogP contribution in [0.3, 0.4) is 0 Å². The molecule has 0 saturated heterocycles. The highest BCUT2D eigenvalue weighted by molar-refractivity contribution is 6.39. The number of hydrogen-bond acceptors (Lipinski definition) is 5. The average Bonchev–Trinajstić information content (AvgIpc) is 3.07. The second-order valence-corrected chi connectivity index (χ2v) is 7.60. The summed E-state index contributed by atoms with van der Waals surface area (Å²) in [6.45, 7) is 1.74. The van der Waals surface area contributed by atoms with Crippen molar-refractivity contribution in [2.75, 3.05) is 4.90 Å². The van der Waals surface area contributed by atoms with Gasteiger partial charge in [0.25, 0.3) is 11.8 Å². The molecule has 0 N–H and O–H groups in total. The molecule has 1 heterocycles. The number of fused-ring (bicyclic) bond motifs is 1. The predicted octanol–water partition coefficient (Wildman–Crippen LogP) is 4.96. The molecule has 1 aliphatic heterocycles. The Balaban J connectivity index is 1.58. The number of amides is 2. The van der Waals surface area contributed by atoms with Crippen molar-refractivity contribution in [3.63, 3.8) is 0 Å². The molecule has 2 amide bonds. The Kier molecular flexibility index (Phi) is 5.88. The fourth-order valence-corrected chi connectivity index (χ4v) is 3.75. The van der Waals surface area contributed by atoms with E-state index in [-0.39, 0.29) is 33.2 Å². The zero-order valence-electron chi connectivity index (χ0n) is 17.1. The monoisotopic (exact) mass is 447 g/mol. The third-order valence-electron chi connectivity index (χ3n) is 5.19.